The lowest BCUT2D eigenvalue weighted by molar-refractivity contribution is 0.330. The van der Waals surface area contributed by atoms with E-state index in [-0.39, 0.29) is 0 Å². The molecular weight excluding hydrogens is 258 g/mol. The molecule has 2 rings (SSSR count). The van der Waals surface area contributed by atoms with Crippen molar-refractivity contribution in [2.75, 3.05) is 0 Å². The second-order valence-electron chi connectivity index (χ2n) is 6.10. The highest BCUT2D eigenvalue weighted by Gasteiger charge is 2.11. The Morgan fingerprint density at radius 1 is 0.857 bits per heavy atom. The first-order chi connectivity index (χ1) is 10.3. The summed E-state index contributed by atoms with van der Waals surface area (Å²) in [7, 11) is 0. The molecule has 0 fully saturated rings. The van der Waals surface area contributed by atoms with Gasteiger partial charge in [0.25, 0.3) is 0 Å². The van der Waals surface area contributed by atoms with Crippen molar-refractivity contribution in [2.24, 2.45) is 5.92 Å². The highest BCUT2D eigenvalue weighted by atomic mass is 15.5. The third kappa shape index (κ3) is 5.14. The van der Waals surface area contributed by atoms with Crippen molar-refractivity contribution in [3.8, 4) is 0 Å². The minimum Gasteiger partial charge on any atom is -0.183 e. The van der Waals surface area contributed by atoms with Crippen LogP contribution in [-0.4, -0.2) is 15.0 Å². The van der Waals surface area contributed by atoms with Crippen LogP contribution in [-0.2, 0) is 6.54 Å². The van der Waals surface area contributed by atoms with Crippen LogP contribution in [0.15, 0.2) is 24.3 Å². The molecular formula is C18H29N3. The van der Waals surface area contributed by atoms with Gasteiger partial charge in [0, 0.05) is 0 Å². The summed E-state index contributed by atoms with van der Waals surface area (Å²) in [6, 6.07) is 8.14. The summed E-state index contributed by atoms with van der Waals surface area (Å²) in [5, 5.41) is 9.22. The van der Waals surface area contributed by atoms with Gasteiger partial charge in [-0.1, -0.05) is 64.5 Å². The number of nitrogens with zero attached hydrogens (tertiary/aromatic N) is 3. The number of rotatable bonds is 10. The van der Waals surface area contributed by atoms with E-state index in [1.165, 1.54) is 51.4 Å². The predicted molar refractivity (Wildman–Crippen MR) is 89.3 cm³/mol. The molecule has 0 saturated carbocycles. The van der Waals surface area contributed by atoms with Gasteiger partial charge in [-0.2, -0.15) is 15.0 Å². The third-order valence-electron chi connectivity index (χ3n) is 4.18. The van der Waals surface area contributed by atoms with Crippen molar-refractivity contribution in [3.63, 3.8) is 0 Å². The van der Waals surface area contributed by atoms with Crippen molar-refractivity contribution in [1.82, 2.24) is 15.0 Å². The van der Waals surface area contributed by atoms with Gasteiger partial charge in [0.05, 0.1) is 6.54 Å². The van der Waals surface area contributed by atoms with E-state index in [4.69, 9.17) is 0 Å². The Labute approximate surface area is 128 Å². The molecule has 2 aromatic rings. The lowest BCUT2D eigenvalue weighted by Crippen LogP contribution is -2.13. The SMILES string of the molecule is CCCCCCC(CCCC)Cn1nc2ccccc2n1. The van der Waals surface area contributed by atoms with Gasteiger partial charge in [-0.3, -0.25) is 0 Å². The molecule has 0 amide bonds. The lowest BCUT2D eigenvalue weighted by atomic mass is 9.95. The molecule has 0 aliphatic carbocycles. The fraction of sp³-hybridized carbons (Fsp3) is 0.667. The summed E-state index contributed by atoms with van der Waals surface area (Å²) >= 11 is 0. The molecule has 0 radical (unpaired) electrons. The highest BCUT2D eigenvalue weighted by Crippen LogP contribution is 2.19. The number of unbranched alkanes of at least 4 members (excludes halogenated alkanes) is 4. The number of fused-ring (bicyclic) bond motifs is 1. The summed E-state index contributed by atoms with van der Waals surface area (Å²) in [6.45, 7) is 5.52. The van der Waals surface area contributed by atoms with Crippen LogP contribution in [0.3, 0.4) is 0 Å². The second-order valence-corrected chi connectivity index (χ2v) is 6.10. The molecule has 21 heavy (non-hydrogen) atoms. The molecule has 0 N–H and O–H groups in total. The van der Waals surface area contributed by atoms with Crippen LogP contribution >= 0.6 is 0 Å². The molecule has 3 heteroatoms. The smallest absolute Gasteiger partial charge is 0.113 e. The van der Waals surface area contributed by atoms with Gasteiger partial charge in [0.1, 0.15) is 11.0 Å². The molecule has 1 unspecified atom stereocenters. The van der Waals surface area contributed by atoms with Crippen LogP contribution < -0.4 is 0 Å². The number of hydrogen-bond acceptors (Lipinski definition) is 2. The number of hydrogen-bond donors (Lipinski definition) is 0. The van der Waals surface area contributed by atoms with Crippen LogP contribution in [0.25, 0.3) is 11.0 Å². The van der Waals surface area contributed by atoms with E-state index in [0.29, 0.717) is 0 Å². The van der Waals surface area contributed by atoms with Crippen molar-refractivity contribution in [3.05, 3.63) is 24.3 Å². The van der Waals surface area contributed by atoms with Gasteiger partial charge in [-0.15, -0.1) is 0 Å². The standard InChI is InChI=1S/C18H29N3/c1-3-5-7-8-12-16(11-6-4-2)15-21-19-17-13-9-10-14-18(17)20-21/h9-10,13-14,16H,3-8,11-12,15H2,1-2H3. The Morgan fingerprint density at radius 3 is 2.10 bits per heavy atom. The van der Waals surface area contributed by atoms with Crippen molar-refractivity contribution in [1.29, 1.82) is 0 Å². The summed E-state index contributed by atoms with van der Waals surface area (Å²) < 4.78 is 0. The second kappa shape index (κ2) is 8.81. The van der Waals surface area contributed by atoms with Crippen molar-refractivity contribution >= 4 is 11.0 Å². The minimum absolute atomic E-state index is 0.726. The minimum atomic E-state index is 0.726. The van der Waals surface area contributed by atoms with Crippen molar-refractivity contribution < 1.29 is 0 Å². The molecule has 1 atom stereocenters. The quantitative estimate of drug-likeness (QED) is 0.562. The molecule has 1 aromatic carbocycles. The van der Waals surface area contributed by atoms with Gasteiger partial charge >= 0.3 is 0 Å². The molecule has 1 aromatic heterocycles. The topological polar surface area (TPSA) is 30.7 Å². The number of aromatic nitrogens is 3. The normalized spacial score (nSPS) is 12.9. The summed E-state index contributed by atoms with van der Waals surface area (Å²) in [4.78, 5) is 1.92. The first-order valence-corrected chi connectivity index (χ1v) is 8.63. The van der Waals surface area contributed by atoms with E-state index in [9.17, 15) is 0 Å². The zero-order valence-electron chi connectivity index (χ0n) is 13.6. The molecule has 0 saturated heterocycles. The summed E-state index contributed by atoms with van der Waals surface area (Å²) in [5.74, 6) is 0.726. The molecule has 0 aliphatic heterocycles. The Kier molecular flexibility index (Phi) is 6.71. The fourth-order valence-electron chi connectivity index (χ4n) is 2.90. The maximum Gasteiger partial charge on any atom is 0.113 e. The first kappa shape index (κ1) is 16.0. The van der Waals surface area contributed by atoms with Crippen LogP contribution in [0.4, 0.5) is 0 Å². The molecule has 116 valence electrons. The molecule has 0 bridgehead atoms. The van der Waals surface area contributed by atoms with E-state index in [0.717, 1.165) is 23.5 Å². The fourth-order valence-corrected chi connectivity index (χ4v) is 2.90. The Bertz CT molecular complexity index is 485. The van der Waals surface area contributed by atoms with Crippen LogP contribution in [0.1, 0.15) is 65.2 Å². The van der Waals surface area contributed by atoms with E-state index in [1.807, 2.05) is 29.1 Å². The zero-order chi connectivity index (χ0) is 14.9. The molecule has 3 nitrogen and oxygen atoms in total. The van der Waals surface area contributed by atoms with Gasteiger partial charge in [0.2, 0.25) is 0 Å². The average Bonchev–Trinajstić information content (AvgIpc) is 2.91. The Hall–Kier alpha value is -1.38. The summed E-state index contributed by atoms with van der Waals surface area (Å²) in [5.41, 5.74) is 2.02. The Morgan fingerprint density at radius 2 is 1.48 bits per heavy atom. The molecule has 0 aliphatic rings. The summed E-state index contributed by atoms with van der Waals surface area (Å²) in [6.07, 6.45) is 10.6. The van der Waals surface area contributed by atoms with Gasteiger partial charge < -0.3 is 0 Å². The predicted octanol–water partition coefficient (Wildman–Crippen LogP) is 5.21. The zero-order valence-corrected chi connectivity index (χ0v) is 13.6. The monoisotopic (exact) mass is 287 g/mol. The van der Waals surface area contributed by atoms with E-state index in [2.05, 4.69) is 24.0 Å². The first-order valence-electron chi connectivity index (χ1n) is 8.63. The van der Waals surface area contributed by atoms with Crippen LogP contribution in [0.2, 0.25) is 0 Å². The van der Waals surface area contributed by atoms with E-state index in [1.54, 1.807) is 0 Å². The van der Waals surface area contributed by atoms with Gasteiger partial charge in [0.15, 0.2) is 0 Å². The average molecular weight is 287 g/mol. The van der Waals surface area contributed by atoms with E-state index >= 15 is 0 Å². The third-order valence-corrected chi connectivity index (χ3v) is 4.18. The number of benzene rings is 1. The maximum atomic E-state index is 4.61. The maximum absolute atomic E-state index is 4.61. The molecule has 1 heterocycles. The highest BCUT2D eigenvalue weighted by molar-refractivity contribution is 5.72. The van der Waals surface area contributed by atoms with Gasteiger partial charge in [-0.05, 0) is 30.9 Å². The van der Waals surface area contributed by atoms with Crippen LogP contribution in [0, 0.1) is 5.92 Å². The van der Waals surface area contributed by atoms with Crippen LogP contribution in [0.5, 0.6) is 0 Å². The largest absolute Gasteiger partial charge is 0.183 e. The van der Waals surface area contributed by atoms with Crippen molar-refractivity contribution in [2.45, 2.75) is 71.8 Å². The lowest BCUT2D eigenvalue weighted by Gasteiger charge is -2.15. The Balaban J connectivity index is 1.92. The van der Waals surface area contributed by atoms with E-state index < -0.39 is 0 Å². The molecule has 0 spiro atoms. The van der Waals surface area contributed by atoms with Gasteiger partial charge in [-0.25, -0.2) is 0 Å².